The molecule has 3 heterocycles. The van der Waals surface area contributed by atoms with Gasteiger partial charge >= 0.3 is 0 Å². The van der Waals surface area contributed by atoms with Crippen molar-refractivity contribution in [2.45, 2.75) is 81.6 Å². The van der Waals surface area contributed by atoms with E-state index in [-0.39, 0.29) is 37.1 Å². The molecule has 0 bridgehead atoms. The van der Waals surface area contributed by atoms with Crippen molar-refractivity contribution in [2.24, 2.45) is 0 Å². The largest absolute Gasteiger partial charge is 0.351 e. The molecule has 234 valence electrons. The van der Waals surface area contributed by atoms with Gasteiger partial charge in [0.1, 0.15) is 24.4 Å². The molecule has 3 aromatic rings. The fourth-order valence-corrected chi connectivity index (χ4v) is 6.32. The quantitative estimate of drug-likeness (QED) is 0.255. The number of amides is 4. The van der Waals surface area contributed by atoms with Crippen LogP contribution in [0.4, 0.5) is 0 Å². The van der Waals surface area contributed by atoms with Gasteiger partial charge in [0.05, 0.1) is 6.42 Å². The van der Waals surface area contributed by atoms with Crippen LogP contribution in [0.3, 0.4) is 0 Å². The van der Waals surface area contributed by atoms with E-state index in [1.165, 1.54) is 0 Å². The highest BCUT2D eigenvalue weighted by Gasteiger charge is 2.46. The molecule has 10 heteroatoms. The highest BCUT2D eigenvalue weighted by Crippen LogP contribution is 2.33. The van der Waals surface area contributed by atoms with Crippen LogP contribution in [0.15, 0.2) is 85.2 Å². The number of fused-ring (bicyclic) bond motifs is 1. The Morgan fingerprint density at radius 1 is 0.844 bits per heavy atom. The zero-order valence-corrected chi connectivity index (χ0v) is 25.1. The van der Waals surface area contributed by atoms with Gasteiger partial charge in [-0.2, -0.15) is 0 Å². The number of carbonyl (C=O) groups is 5. The molecule has 2 aliphatic rings. The predicted molar refractivity (Wildman–Crippen MR) is 168 cm³/mol. The summed E-state index contributed by atoms with van der Waals surface area (Å²) in [5.41, 5.74) is 2.59. The average molecular weight is 610 g/mol. The van der Waals surface area contributed by atoms with Gasteiger partial charge in [-0.3, -0.25) is 24.2 Å². The van der Waals surface area contributed by atoms with Crippen LogP contribution >= 0.6 is 0 Å². The van der Waals surface area contributed by atoms with Gasteiger partial charge in [0, 0.05) is 37.3 Å². The Hall–Kier alpha value is -4.86. The summed E-state index contributed by atoms with van der Waals surface area (Å²) in [7, 11) is 0. The first-order valence-electron chi connectivity index (χ1n) is 15.5. The normalized spacial score (nSPS) is 20.4. The minimum absolute atomic E-state index is 0.0935. The minimum Gasteiger partial charge on any atom is -0.351 e. The molecule has 0 saturated carbocycles. The second-order valence-corrected chi connectivity index (χ2v) is 11.8. The van der Waals surface area contributed by atoms with Crippen molar-refractivity contribution >= 4 is 29.9 Å². The molecule has 5 atom stereocenters. The van der Waals surface area contributed by atoms with Gasteiger partial charge in [-0.15, -0.1) is 0 Å². The number of nitrogens with one attached hydrogen (secondary N) is 3. The van der Waals surface area contributed by atoms with E-state index >= 15 is 0 Å². The summed E-state index contributed by atoms with van der Waals surface area (Å²) < 4.78 is 0. The summed E-state index contributed by atoms with van der Waals surface area (Å²) in [4.78, 5) is 71.0. The number of benzene rings is 2. The molecule has 5 rings (SSSR count). The zero-order chi connectivity index (χ0) is 31.6. The fraction of sp³-hybridized carbons (Fsp3) is 0.371. The Bertz CT molecular complexity index is 1470. The van der Waals surface area contributed by atoms with E-state index in [0.29, 0.717) is 32.1 Å². The topological polar surface area (TPSA) is 138 Å². The molecule has 0 spiro atoms. The number of rotatable bonds is 13. The molecule has 4 amide bonds. The first-order chi connectivity index (χ1) is 21.9. The number of nitrogens with zero attached hydrogens (tertiary/aromatic N) is 2. The lowest BCUT2D eigenvalue weighted by Crippen LogP contribution is -2.60. The summed E-state index contributed by atoms with van der Waals surface area (Å²) in [6.07, 6.45) is 7.32. The standard InChI is InChI=1S/C35H39N5O5/c41-19-17-27(20-24-8-3-1-4-9-24)37-33(43)30(21-26-12-7-18-36-23-26)39-34(44)31-16-14-28-13-15-29(35(45)40(28)31)38-32(42)22-25-10-5-2-6-11-25/h1-12,18-19,23,27-31H,13-17,20-22H2,(H,37,43)(H,38,42)(H,39,44)/t27-,28+,29?,30+,31?/m1/s1. The van der Waals surface area contributed by atoms with Crippen molar-refractivity contribution in [3.8, 4) is 0 Å². The molecule has 2 saturated heterocycles. The molecular weight excluding hydrogens is 570 g/mol. The maximum absolute atomic E-state index is 13.8. The monoisotopic (exact) mass is 609 g/mol. The number of carbonyl (C=O) groups excluding carboxylic acids is 5. The number of hydrogen-bond acceptors (Lipinski definition) is 6. The molecule has 2 unspecified atom stereocenters. The third-order valence-corrected chi connectivity index (χ3v) is 8.54. The van der Waals surface area contributed by atoms with Gasteiger partial charge in [-0.25, -0.2) is 0 Å². The van der Waals surface area contributed by atoms with E-state index in [2.05, 4.69) is 20.9 Å². The molecule has 2 aliphatic heterocycles. The van der Waals surface area contributed by atoms with Gasteiger partial charge in [-0.1, -0.05) is 66.7 Å². The smallest absolute Gasteiger partial charge is 0.246 e. The first kappa shape index (κ1) is 31.6. The summed E-state index contributed by atoms with van der Waals surface area (Å²) in [5, 5.41) is 8.75. The van der Waals surface area contributed by atoms with Crippen LogP contribution in [-0.4, -0.2) is 70.0 Å². The van der Waals surface area contributed by atoms with Crippen molar-refractivity contribution < 1.29 is 24.0 Å². The predicted octanol–water partition coefficient (Wildman–Crippen LogP) is 2.31. The van der Waals surface area contributed by atoms with Crippen molar-refractivity contribution in [2.75, 3.05) is 0 Å². The number of hydrogen-bond donors (Lipinski definition) is 3. The number of aldehydes is 1. The minimum atomic E-state index is -0.952. The second kappa shape index (κ2) is 15.2. The molecular formula is C35H39N5O5. The molecule has 2 aromatic carbocycles. The van der Waals surface area contributed by atoms with Gasteiger partial charge in [0.25, 0.3) is 0 Å². The van der Waals surface area contributed by atoms with Crippen LogP contribution in [-0.2, 0) is 43.2 Å². The molecule has 3 N–H and O–H groups in total. The Labute approximate surface area is 263 Å². The van der Waals surface area contributed by atoms with Crippen LogP contribution in [0, 0.1) is 0 Å². The van der Waals surface area contributed by atoms with Crippen LogP contribution in [0.5, 0.6) is 0 Å². The van der Waals surface area contributed by atoms with E-state index in [4.69, 9.17) is 0 Å². The lowest BCUT2D eigenvalue weighted by molar-refractivity contribution is -0.146. The van der Waals surface area contributed by atoms with Crippen molar-refractivity contribution in [3.05, 3.63) is 102 Å². The van der Waals surface area contributed by atoms with Crippen molar-refractivity contribution in [3.63, 3.8) is 0 Å². The van der Waals surface area contributed by atoms with Crippen LogP contribution in [0.25, 0.3) is 0 Å². The van der Waals surface area contributed by atoms with Gasteiger partial charge in [0.2, 0.25) is 23.6 Å². The second-order valence-electron chi connectivity index (χ2n) is 11.8. The Morgan fingerprint density at radius 2 is 1.53 bits per heavy atom. The molecule has 10 nitrogen and oxygen atoms in total. The summed E-state index contributed by atoms with van der Waals surface area (Å²) in [5.74, 6) is -1.35. The Balaban J connectivity index is 1.26. The summed E-state index contributed by atoms with van der Waals surface area (Å²) >= 11 is 0. The Kier molecular flexibility index (Phi) is 10.7. The fourth-order valence-electron chi connectivity index (χ4n) is 6.32. The van der Waals surface area contributed by atoms with Crippen LogP contribution in [0.2, 0.25) is 0 Å². The lowest BCUT2D eigenvalue weighted by atomic mass is 9.97. The van der Waals surface area contributed by atoms with E-state index in [9.17, 15) is 24.0 Å². The van der Waals surface area contributed by atoms with E-state index in [0.717, 1.165) is 23.0 Å². The van der Waals surface area contributed by atoms with Gasteiger partial charge in [0.15, 0.2) is 0 Å². The number of aromatic nitrogens is 1. The number of piperidine rings is 1. The van der Waals surface area contributed by atoms with Crippen LogP contribution in [0.1, 0.15) is 48.8 Å². The van der Waals surface area contributed by atoms with Gasteiger partial charge in [-0.05, 0) is 54.9 Å². The highest BCUT2D eigenvalue weighted by atomic mass is 16.2. The molecule has 1 aromatic heterocycles. The molecule has 0 radical (unpaired) electrons. The van der Waals surface area contributed by atoms with E-state index in [1.54, 1.807) is 23.4 Å². The maximum Gasteiger partial charge on any atom is 0.246 e. The van der Waals surface area contributed by atoms with Crippen LogP contribution < -0.4 is 16.0 Å². The zero-order valence-electron chi connectivity index (χ0n) is 25.1. The average Bonchev–Trinajstić information content (AvgIpc) is 3.49. The first-order valence-corrected chi connectivity index (χ1v) is 15.5. The molecule has 0 aliphatic carbocycles. The Morgan fingerprint density at radius 3 is 2.22 bits per heavy atom. The van der Waals surface area contributed by atoms with Crippen molar-refractivity contribution in [1.29, 1.82) is 0 Å². The SMILES string of the molecule is O=CC[C@H](Cc1ccccc1)NC(=O)[C@H](Cc1cccnc1)NC(=O)C1CC[C@@H]2CCC(NC(=O)Cc3ccccc3)C(=O)N12. The third kappa shape index (κ3) is 8.41. The molecule has 45 heavy (non-hydrogen) atoms. The number of pyridine rings is 1. The highest BCUT2D eigenvalue weighted by molar-refractivity contribution is 5.95. The summed E-state index contributed by atoms with van der Waals surface area (Å²) in [6, 6.07) is 19.5. The summed E-state index contributed by atoms with van der Waals surface area (Å²) in [6.45, 7) is 0. The van der Waals surface area contributed by atoms with E-state index < -0.39 is 36.0 Å². The van der Waals surface area contributed by atoms with Gasteiger partial charge < -0.3 is 25.6 Å². The third-order valence-electron chi connectivity index (χ3n) is 8.54. The van der Waals surface area contributed by atoms with Crippen molar-refractivity contribution in [1.82, 2.24) is 25.8 Å². The van der Waals surface area contributed by atoms with E-state index in [1.807, 2.05) is 66.7 Å². The lowest BCUT2D eigenvalue weighted by Gasteiger charge is -2.38. The maximum atomic E-state index is 13.8. The molecule has 2 fully saturated rings.